The molecule has 2 aromatic carbocycles. The lowest BCUT2D eigenvalue weighted by Gasteiger charge is -2.25. The third-order valence-corrected chi connectivity index (χ3v) is 5.18. The summed E-state index contributed by atoms with van der Waals surface area (Å²) in [6.07, 6.45) is -4.81. The van der Waals surface area contributed by atoms with Crippen molar-refractivity contribution in [3.63, 3.8) is 0 Å². The Morgan fingerprint density at radius 3 is 2.38 bits per heavy atom. The summed E-state index contributed by atoms with van der Waals surface area (Å²) in [4.78, 5) is 11.9. The van der Waals surface area contributed by atoms with Gasteiger partial charge in [-0.1, -0.05) is 30.3 Å². The van der Waals surface area contributed by atoms with Crippen LogP contribution in [0.4, 0.5) is 13.2 Å². The third kappa shape index (κ3) is 6.65. The predicted octanol–water partition coefficient (Wildman–Crippen LogP) is 4.33. The summed E-state index contributed by atoms with van der Waals surface area (Å²) in [7, 11) is 1.41. The van der Waals surface area contributed by atoms with E-state index in [-0.39, 0.29) is 49.2 Å². The Hall–Kier alpha value is -2.20. The van der Waals surface area contributed by atoms with Crippen LogP contribution in [-0.2, 0) is 11.3 Å². The second-order valence-electron chi connectivity index (χ2n) is 7.14. The Morgan fingerprint density at radius 1 is 1.16 bits per heavy atom. The quantitative estimate of drug-likeness (QED) is 0.529. The molecule has 0 radical (unpaired) electrons. The maximum absolute atomic E-state index is 12.6. The first-order valence-corrected chi connectivity index (χ1v) is 9.39. The number of aliphatic carboxylic acids is 1. The lowest BCUT2D eigenvalue weighted by atomic mass is 9.91. The lowest BCUT2D eigenvalue weighted by molar-refractivity contribution is -0.274. The highest BCUT2D eigenvalue weighted by Gasteiger charge is 2.45. The molecule has 0 spiro atoms. The molecule has 178 valence electrons. The number of rotatable bonds is 7. The van der Waals surface area contributed by atoms with Crippen LogP contribution in [0.1, 0.15) is 24.1 Å². The molecule has 0 bridgehead atoms. The molecular weight excluding hydrogens is 472 g/mol. The van der Waals surface area contributed by atoms with E-state index in [1.807, 2.05) is 30.3 Å². The van der Waals surface area contributed by atoms with Gasteiger partial charge in [0.1, 0.15) is 11.5 Å². The van der Waals surface area contributed by atoms with Gasteiger partial charge < -0.3 is 25.2 Å². The number of carboxylic acids is 1. The normalized spacial score (nSPS) is 22.4. The number of alkyl halides is 3. The van der Waals surface area contributed by atoms with Crippen molar-refractivity contribution in [3.05, 3.63) is 59.7 Å². The van der Waals surface area contributed by atoms with E-state index in [0.717, 1.165) is 5.56 Å². The molecule has 3 rings (SSSR count). The van der Waals surface area contributed by atoms with Crippen molar-refractivity contribution in [2.75, 3.05) is 7.11 Å². The van der Waals surface area contributed by atoms with Gasteiger partial charge in [-0.15, -0.1) is 38.0 Å². The van der Waals surface area contributed by atoms with Crippen molar-refractivity contribution in [1.29, 1.82) is 0 Å². The smallest absolute Gasteiger partial charge is 0.496 e. The third-order valence-electron chi connectivity index (χ3n) is 5.18. The minimum atomic E-state index is -4.81. The molecular formula is C21H25Cl2F3N2O4. The summed E-state index contributed by atoms with van der Waals surface area (Å²) >= 11 is 0. The fourth-order valence-corrected chi connectivity index (χ4v) is 3.90. The number of ether oxygens (including phenoxy) is 2. The molecule has 6 nitrogen and oxygen atoms in total. The second kappa shape index (κ2) is 11.6. The number of hydrogen-bond acceptors (Lipinski definition) is 5. The Bertz CT molecular complexity index is 887. The highest BCUT2D eigenvalue weighted by Crippen LogP contribution is 2.33. The van der Waals surface area contributed by atoms with Gasteiger partial charge in [-0.05, 0) is 30.7 Å². The maximum Gasteiger partial charge on any atom is 0.573 e. The summed E-state index contributed by atoms with van der Waals surface area (Å²) in [6, 6.07) is 12.1. The van der Waals surface area contributed by atoms with Crippen molar-refractivity contribution in [2.24, 2.45) is 5.92 Å². The van der Waals surface area contributed by atoms with E-state index in [1.54, 1.807) is 6.92 Å². The van der Waals surface area contributed by atoms with E-state index in [4.69, 9.17) is 4.74 Å². The van der Waals surface area contributed by atoms with Gasteiger partial charge in [-0.25, -0.2) is 0 Å². The van der Waals surface area contributed by atoms with Gasteiger partial charge in [-0.2, -0.15) is 0 Å². The van der Waals surface area contributed by atoms with E-state index in [1.165, 1.54) is 25.3 Å². The molecule has 3 N–H and O–H groups in total. The van der Waals surface area contributed by atoms with Crippen LogP contribution in [0, 0.1) is 5.92 Å². The zero-order valence-corrected chi connectivity index (χ0v) is 18.9. The predicted molar refractivity (Wildman–Crippen MR) is 118 cm³/mol. The fourth-order valence-electron chi connectivity index (χ4n) is 3.90. The SMILES string of the molecule is COc1ccc(OC(F)(F)F)cc1CN[C@H]1[C@H](C(=O)O)[C@@H](C)N[C@H]1c1ccccc1.Cl.Cl. The molecule has 11 heteroatoms. The van der Waals surface area contributed by atoms with Gasteiger partial charge in [0.25, 0.3) is 0 Å². The van der Waals surface area contributed by atoms with Crippen LogP contribution in [0.2, 0.25) is 0 Å². The van der Waals surface area contributed by atoms with Crippen LogP contribution in [0.15, 0.2) is 48.5 Å². The molecule has 32 heavy (non-hydrogen) atoms. The Balaban J connectivity index is 0.00000256. The van der Waals surface area contributed by atoms with Gasteiger partial charge in [0, 0.05) is 30.2 Å². The molecule has 1 aliphatic heterocycles. The summed E-state index contributed by atoms with van der Waals surface area (Å²) in [6.45, 7) is 1.90. The lowest BCUT2D eigenvalue weighted by Crippen LogP contribution is -2.41. The number of halogens is 5. The number of hydrogen-bond donors (Lipinski definition) is 3. The summed E-state index contributed by atoms with van der Waals surface area (Å²) in [5.41, 5.74) is 1.35. The Labute approximate surface area is 196 Å². The molecule has 2 aromatic rings. The van der Waals surface area contributed by atoms with Crippen molar-refractivity contribution in [2.45, 2.75) is 38.0 Å². The number of methoxy groups -OCH3 is 1. The molecule has 0 saturated carbocycles. The van der Waals surface area contributed by atoms with E-state index < -0.39 is 24.3 Å². The first kappa shape index (κ1) is 27.8. The first-order valence-electron chi connectivity index (χ1n) is 9.39. The first-order chi connectivity index (χ1) is 14.2. The Kier molecular flexibility index (Phi) is 10.1. The molecule has 1 heterocycles. The monoisotopic (exact) mass is 496 g/mol. The van der Waals surface area contributed by atoms with Crippen LogP contribution in [0.25, 0.3) is 0 Å². The zero-order chi connectivity index (χ0) is 21.9. The molecule has 4 atom stereocenters. The maximum atomic E-state index is 12.6. The Morgan fingerprint density at radius 2 is 1.81 bits per heavy atom. The van der Waals surface area contributed by atoms with E-state index in [9.17, 15) is 23.1 Å². The van der Waals surface area contributed by atoms with Crippen LogP contribution in [0.5, 0.6) is 11.5 Å². The fraction of sp³-hybridized carbons (Fsp3) is 0.381. The molecule has 1 fully saturated rings. The van der Waals surface area contributed by atoms with Gasteiger partial charge in [-0.3, -0.25) is 4.79 Å². The molecule has 0 unspecified atom stereocenters. The molecule has 0 aromatic heterocycles. The topological polar surface area (TPSA) is 79.8 Å². The van der Waals surface area contributed by atoms with Crippen LogP contribution in [-0.4, -0.2) is 36.6 Å². The van der Waals surface area contributed by atoms with E-state index in [0.29, 0.717) is 11.3 Å². The molecule has 1 aliphatic rings. The molecule has 0 amide bonds. The van der Waals surface area contributed by atoms with Crippen molar-refractivity contribution in [3.8, 4) is 11.5 Å². The van der Waals surface area contributed by atoms with Gasteiger partial charge in [0.15, 0.2) is 0 Å². The van der Waals surface area contributed by atoms with E-state index >= 15 is 0 Å². The molecule has 0 aliphatic carbocycles. The molecule has 1 saturated heterocycles. The van der Waals surface area contributed by atoms with Gasteiger partial charge in [0.2, 0.25) is 0 Å². The average Bonchev–Trinajstić information content (AvgIpc) is 3.02. The van der Waals surface area contributed by atoms with Gasteiger partial charge >= 0.3 is 12.3 Å². The zero-order valence-electron chi connectivity index (χ0n) is 17.3. The highest BCUT2D eigenvalue weighted by atomic mass is 35.5. The van der Waals surface area contributed by atoms with Crippen molar-refractivity contribution < 1.29 is 32.5 Å². The van der Waals surface area contributed by atoms with Gasteiger partial charge in [0.05, 0.1) is 13.0 Å². The summed E-state index contributed by atoms with van der Waals surface area (Å²) in [5.74, 6) is -1.67. The number of benzene rings is 2. The summed E-state index contributed by atoms with van der Waals surface area (Å²) < 4.78 is 46.9. The minimum Gasteiger partial charge on any atom is -0.496 e. The number of nitrogens with one attached hydrogen (secondary N) is 2. The summed E-state index contributed by atoms with van der Waals surface area (Å²) in [5, 5.41) is 16.3. The standard InChI is InChI=1S/C21H23F3N2O4.2ClH/c1-12-17(20(27)28)19(18(26-12)13-6-4-3-5-7-13)25-11-14-10-15(30-21(22,23)24)8-9-16(14)29-2;;/h3-10,12,17-19,25-26H,11H2,1-2H3,(H,27,28);2*1H/t12-,17-,18+,19+;;/m1../s1. The number of carboxylic acid groups (broad SMARTS) is 1. The van der Waals surface area contributed by atoms with E-state index in [2.05, 4.69) is 15.4 Å². The largest absolute Gasteiger partial charge is 0.573 e. The number of carbonyl (C=O) groups is 1. The van der Waals surface area contributed by atoms with Crippen LogP contribution < -0.4 is 20.1 Å². The van der Waals surface area contributed by atoms with Crippen LogP contribution in [0.3, 0.4) is 0 Å². The second-order valence-corrected chi connectivity index (χ2v) is 7.14. The highest BCUT2D eigenvalue weighted by molar-refractivity contribution is 5.85. The van der Waals surface area contributed by atoms with Crippen LogP contribution >= 0.6 is 24.8 Å². The minimum absolute atomic E-state index is 0. The van der Waals surface area contributed by atoms with Crippen molar-refractivity contribution >= 4 is 30.8 Å². The average molecular weight is 497 g/mol. The van der Waals surface area contributed by atoms with Crippen molar-refractivity contribution in [1.82, 2.24) is 10.6 Å².